The molecule has 1 N–H and O–H groups in total. The van der Waals surface area contributed by atoms with E-state index in [0.717, 1.165) is 12.3 Å². The first-order valence-electron chi connectivity index (χ1n) is 8.65. The van der Waals surface area contributed by atoms with Gasteiger partial charge in [0.2, 0.25) is 0 Å². The van der Waals surface area contributed by atoms with Crippen LogP contribution in [0.2, 0.25) is 0 Å². The van der Waals surface area contributed by atoms with Gasteiger partial charge in [-0.05, 0) is 66.4 Å². The molecule has 3 nitrogen and oxygen atoms in total. The number of likely N-dealkylation sites (N-methyl/N-ethyl adjacent to an activating group) is 1. The number of ether oxygens (including phenoxy) is 1. The maximum atomic E-state index is 5.88. The zero-order chi connectivity index (χ0) is 17.7. The standard InChI is InChI=1S/C17H34N2O.C2H6/c1-9-17(20-12-15(5)19(7)8)10-14(4)16(6)18-11-13(2)3;1-2/h9-10,13,15-16,18H,11-12H2,1-8H3;1-2H3/b14-10+,17-9+;/t15?,16-;/m1./s1. The molecule has 0 rings (SSSR count). The molecule has 0 bridgehead atoms. The van der Waals surface area contributed by atoms with E-state index in [4.69, 9.17) is 4.74 Å². The smallest absolute Gasteiger partial charge is 0.115 e. The molecule has 0 saturated carbocycles. The Bertz CT molecular complexity index is 319. The zero-order valence-corrected chi connectivity index (χ0v) is 16.7. The van der Waals surface area contributed by atoms with Crippen LogP contribution >= 0.6 is 0 Å². The first-order chi connectivity index (χ1) is 10.3. The summed E-state index contributed by atoms with van der Waals surface area (Å²) >= 11 is 0. The van der Waals surface area contributed by atoms with Crippen LogP contribution in [0, 0.1) is 5.92 Å². The van der Waals surface area contributed by atoms with Crippen LogP contribution in [-0.2, 0) is 4.74 Å². The topological polar surface area (TPSA) is 24.5 Å². The van der Waals surface area contributed by atoms with Gasteiger partial charge in [0.25, 0.3) is 0 Å². The van der Waals surface area contributed by atoms with E-state index in [1.54, 1.807) is 0 Å². The van der Waals surface area contributed by atoms with Crippen LogP contribution in [0.3, 0.4) is 0 Å². The third-order valence-corrected chi connectivity index (χ3v) is 3.54. The lowest BCUT2D eigenvalue weighted by Crippen LogP contribution is -2.31. The van der Waals surface area contributed by atoms with Crippen LogP contribution in [0.4, 0.5) is 0 Å². The number of allylic oxidation sites excluding steroid dienone is 2. The maximum absolute atomic E-state index is 5.88. The van der Waals surface area contributed by atoms with Crippen molar-refractivity contribution in [2.24, 2.45) is 5.92 Å². The summed E-state index contributed by atoms with van der Waals surface area (Å²) in [6, 6.07) is 0.789. The molecular formula is C19H40N2O. The van der Waals surface area contributed by atoms with Crippen LogP contribution in [0.25, 0.3) is 0 Å². The molecule has 0 aliphatic heterocycles. The summed E-state index contributed by atoms with van der Waals surface area (Å²) in [6.07, 6.45) is 4.17. The van der Waals surface area contributed by atoms with Gasteiger partial charge in [-0.3, -0.25) is 0 Å². The van der Waals surface area contributed by atoms with E-state index < -0.39 is 0 Å². The van der Waals surface area contributed by atoms with Crippen molar-refractivity contribution in [1.29, 1.82) is 0 Å². The molecule has 0 amide bonds. The molecule has 0 aliphatic carbocycles. The van der Waals surface area contributed by atoms with Crippen molar-refractivity contribution < 1.29 is 4.74 Å². The second kappa shape index (κ2) is 13.8. The summed E-state index contributed by atoms with van der Waals surface area (Å²) in [5.41, 5.74) is 1.30. The fourth-order valence-electron chi connectivity index (χ4n) is 1.50. The molecule has 1 unspecified atom stereocenters. The summed E-state index contributed by atoms with van der Waals surface area (Å²) in [6.45, 7) is 18.7. The molecule has 0 spiro atoms. The predicted molar refractivity (Wildman–Crippen MR) is 100 cm³/mol. The van der Waals surface area contributed by atoms with Crippen molar-refractivity contribution in [1.82, 2.24) is 10.2 Å². The highest BCUT2D eigenvalue weighted by Gasteiger charge is 2.08. The van der Waals surface area contributed by atoms with Crippen LogP contribution in [-0.4, -0.2) is 44.2 Å². The van der Waals surface area contributed by atoms with E-state index >= 15 is 0 Å². The third kappa shape index (κ3) is 11.8. The highest BCUT2D eigenvalue weighted by Crippen LogP contribution is 2.10. The van der Waals surface area contributed by atoms with Gasteiger partial charge in [0, 0.05) is 12.1 Å². The fourth-order valence-corrected chi connectivity index (χ4v) is 1.50. The predicted octanol–water partition coefficient (Wildman–Crippen LogP) is 4.46. The normalized spacial score (nSPS) is 15.5. The van der Waals surface area contributed by atoms with Gasteiger partial charge in [0.1, 0.15) is 12.4 Å². The number of nitrogens with one attached hydrogen (secondary N) is 1. The molecule has 0 aromatic rings. The Morgan fingerprint density at radius 3 is 2.09 bits per heavy atom. The SMILES string of the molecule is C/C=C(\C=C(/C)[C@@H](C)NCC(C)C)OCC(C)N(C)C.CC. The van der Waals surface area contributed by atoms with E-state index in [2.05, 4.69) is 65.0 Å². The molecule has 0 aromatic heterocycles. The summed E-state index contributed by atoms with van der Waals surface area (Å²) < 4.78 is 5.88. The molecule has 132 valence electrons. The molecule has 0 heterocycles. The Kier molecular flexibility index (Phi) is 14.8. The second-order valence-corrected chi connectivity index (χ2v) is 6.23. The van der Waals surface area contributed by atoms with E-state index in [0.29, 0.717) is 24.6 Å². The van der Waals surface area contributed by atoms with Gasteiger partial charge in [0.05, 0.1) is 0 Å². The third-order valence-electron chi connectivity index (χ3n) is 3.54. The van der Waals surface area contributed by atoms with E-state index in [1.807, 2.05) is 26.8 Å². The van der Waals surface area contributed by atoms with E-state index in [-0.39, 0.29) is 0 Å². The molecule has 2 atom stereocenters. The minimum atomic E-state index is 0.377. The Labute approximate surface area is 139 Å². The second-order valence-electron chi connectivity index (χ2n) is 6.23. The van der Waals surface area contributed by atoms with Gasteiger partial charge in [-0.15, -0.1) is 0 Å². The highest BCUT2D eigenvalue weighted by atomic mass is 16.5. The minimum Gasteiger partial charge on any atom is -0.492 e. The average Bonchev–Trinajstić information content (AvgIpc) is 2.49. The van der Waals surface area contributed by atoms with Gasteiger partial charge >= 0.3 is 0 Å². The number of rotatable bonds is 9. The molecule has 0 saturated heterocycles. The summed E-state index contributed by atoms with van der Waals surface area (Å²) in [4.78, 5) is 2.16. The van der Waals surface area contributed by atoms with Crippen LogP contribution in [0.15, 0.2) is 23.5 Å². The van der Waals surface area contributed by atoms with E-state index in [1.165, 1.54) is 5.57 Å². The number of hydrogen-bond acceptors (Lipinski definition) is 3. The molecule has 0 aliphatic rings. The fraction of sp³-hybridized carbons (Fsp3) is 0.789. The van der Waals surface area contributed by atoms with E-state index in [9.17, 15) is 0 Å². The van der Waals surface area contributed by atoms with Gasteiger partial charge < -0.3 is 15.0 Å². The highest BCUT2D eigenvalue weighted by molar-refractivity contribution is 5.20. The Morgan fingerprint density at radius 1 is 1.14 bits per heavy atom. The number of hydrogen-bond donors (Lipinski definition) is 1. The quantitative estimate of drug-likeness (QED) is 0.502. The summed E-state index contributed by atoms with van der Waals surface area (Å²) in [5, 5.41) is 3.54. The largest absolute Gasteiger partial charge is 0.492 e. The van der Waals surface area contributed by atoms with Crippen molar-refractivity contribution in [3.8, 4) is 0 Å². The average molecular weight is 313 g/mol. The molecule has 0 radical (unpaired) electrons. The van der Waals surface area contributed by atoms with Crippen molar-refractivity contribution in [2.75, 3.05) is 27.2 Å². The molecule has 0 aromatic carbocycles. The monoisotopic (exact) mass is 312 g/mol. The van der Waals surface area contributed by atoms with Crippen LogP contribution < -0.4 is 5.32 Å². The van der Waals surface area contributed by atoms with Crippen molar-refractivity contribution >= 4 is 0 Å². The van der Waals surface area contributed by atoms with Crippen molar-refractivity contribution in [3.63, 3.8) is 0 Å². The first kappa shape index (κ1) is 23.5. The molecule has 0 fully saturated rings. The first-order valence-corrected chi connectivity index (χ1v) is 8.65. The zero-order valence-electron chi connectivity index (χ0n) is 16.7. The van der Waals surface area contributed by atoms with Gasteiger partial charge in [-0.2, -0.15) is 0 Å². The van der Waals surface area contributed by atoms with Crippen LogP contribution in [0.5, 0.6) is 0 Å². The Morgan fingerprint density at radius 2 is 1.68 bits per heavy atom. The lowest BCUT2D eigenvalue weighted by atomic mass is 10.1. The lowest BCUT2D eigenvalue weighted by molar-refractivity contribution is 0.146. The minimum absolute atomic E-state index is 0.377. The van der Waals surface area contributed by atoms with Gasteiger partial charge in [-0.25, -0.2) is 0 Å². The maximum Gasteiger partial charge on any atom is 0.115 e. The summed E-state index contributed by atoms with van der Waals surface area (Å²) in [7, 11) is 4.14. The molecule has 3 heteroatoms. The van der Waals surface area contributed by atoms with Gasteiger partial charge in [0.15, 0.2) is 0 Å². The molecular weight excluding hydrogens is 272 g/mol. The van der Waals surface area contributed by atoms with Gasteiger partial charge in [-0.1, -0.05) is 33.3 Å². The number of nitrogens with zero attached hydrogens (tertiary/aromatic N) is 1. The summed E-state index contributed by atoms with van der Waals surface area (Å²) in [5.74, 6) is 1.62. The van der Waals surface area contributed by atoms with Crippen molar-refractivity contribution in [2.45, 2.75) is 67.5 Å². The lowest BCUT2D eigenvalue weighted by Gasteiger charge is -2.21. The van der Waals surface area contributed by atoms with Crippen molar-refractivity contribution in [3.05, 3.63) is 23.5 Å². The van der Waals surface area contributed by atoms with Crippen LogP contribution in [0.1, 0.15) is 55.4 Å². The molecule has 22 heavy (non-hydrogen) atoms. The Balaban J connectivity index is 0. The Hall–Kier alpha value is -0.800.